The van der Waals surface area contributed by atoms with E-state index in [0.29, 0.717) is 17.2 Å². The van der Waals surface area contributed by atoms with E-state index in [1.165, 1.54) is 0 Å². The number of nitrogens with zero attached hydrogens (tertiary/aromatic N) is 4. The Balaban J connectivity index is 1.16. The van der Waals surface area contributed by atoms with Gasteiger partial charge in [-0.05, 0) is 36.4 Å². The van der Waals surface area contributed by atoms with Crippen LogP contribution in [0.2, 0.25) is 0 Å². The maximum Gasteiger partial charge on any atom is 0.180 e. The lowest BCUT2D eigenvalue weighted by Crippen LogP contribution is -1.95. The second-order valence-corrected chi connectivity index (χ2v) is 12.2. The van der Waals surface area contributed by atoms with Gasteiger partial charge < -0.3 is 8.83 Å². The summed E-state index contributed by atoms with van der Waals surface area (Å²) in [7, 11) is 0. The van der Waals surface area contributed by atoms with Crippen molar-refractivity contribution in [3.63, 3.8) is 0 Å². The molecule has 4 aromatic heterocycles. The highest BCUT2D eigenvalue weighted by molar-refractivity contribution is 6.13. The molecule has 0 aliphatic heterocycles. The number of para-hydroxylation sites is 1. The van der Waals surface area contributed by atoms with E-state index in [1.807, 2.05) is 121 Å². The van der Waals surface area contributed by atoms with Gasteiger partial charge in [0.05, 0.1) is 11.4 Å². The number of hydrogen-bond acceptors (Lipinski definition) is 6. The largest absolute Gasteiger partial charge is 0.456 e. The summed E-state index contributed by atoms with van der Waals surface area (Å²) in [4.78, 5) is 20.3. The zero-order valence-corrected chi connectivity index (χ0v) is 26.6. The topological polar surface area (TPSA) is 77.8 Å². The number of rotatable bonds is 5. The summed E-state index contributed by atoms with van der Waals surface area (Å²) >= 11 is 0. The van der Waals surface area contributed by atoms with Crippen molar-refractivity contribution >= 4 is 44.0 Å². The first kappa shape index (κ1) is 28.1. The van der Waals surface area contributed by atoms with E-state index in [9.17, 15) is 0 Å². The molecule has 50 heavy (non-hydrogen) atoms. The molecule has 0 aliphatic carbocycles. The molecule has 6 heteroatoms. The number of hydrogen-bond donors (Lipinski definition) is 0. The maximum atomic E-state index is 6.55. The Kier molecular flexibility index (Phi) is 6.39. The molecule has 0 saturated heterocycles. The molecule has 10 rings (SSSR count). The molecule has 0 N–H and O–H groups in total. The lowest BCUT2D eigenvalue weighted by molar-refractivity contribution is 0.667. The molecule has 0 amide bonds. The fraction of sp³-hybridized carbons (Fsp3) is 0. The minimum atomic E-state index is 0.607. The molecular formula is C44H26N4O2. The third kappa shape index (κ3) is 4.65. The van der Waals surface area contributed by atoms with Gasteiger partial charge in [-0.25, -0.2) is 19.9 Å². The van der Waals surface area contributed by atoms with E-state index in [-0.39, 0.29) is 0 Å². The van der Waals surface area contributed by atoms with Crippen molar-refractivity contribution in [3.05, 3.63) is 158 Å². The highest BCUT2D eigenvalue weighted by Crippen LogP contribution is 2.40. The van der Waals surface area contributed by atoms with Crippen LogP contribution in [0.25, 0.3) is 101 Å². The molecule has 10 aromatic rings. The molecule has 6 nitrogen and oxygen atoms in total. The number of fused-ring (bicyclic) bond motifs is 6. The number of furan rings is 2. The van der Waals surface area contributed by atoms with E-state index < -0.39 is 0 Å². The van der Waals surface area contributed by atoms with Crippen molar-refractivity contribution in [3.8, 4) is 56.5 Å². The van der Waals surface area contributed by atoms with E-state index in [2.05, 4.69) is 36.4 Å². The van der Waals surface area contributed by atoms with E-state index in [0.717, 1.165) is 83.3 Å². The average Bonchev–Trinajstić information content (AvgIpc) is 3.76. The van der Waals surface area contributed by atoms with Crippen LogP contribution in [-0.2, 0) is 0 Å². The molecule has 0 unspecified atom stereocenters. The van der Waals surface area contributed by atoms with Gasteiger partial charge in [-0.1, -0.05) is 121 Å². The normalized spacial score (nSPS) is 11.6. The van der Waals surface area contributed by atoms with Crippen molar-refractivity contribution in [1.82, 2.24) is 19.9 Å². The van der Waals surface area contributed by atoms with E-state index in [4.69, 9.17) is 28.8 Å². The van der Waals surface area contributed by atoms with Crippen LogP contribution in [0.4, 0.5) is 0 Å². The third-order valence-corrected chi connectivity index (χ3v) is 9.13. The zero-order valence-electron chi connectivity index (χ0n) is 26.6. The van der Waals surface area contributed by atoms with Crippen LogP contribution in [0.1, 0.15) is 0 Å². The minimum Gasteiger partial charge on any atom is -0.456 e. The van der Waals surface area contributed by atoms with Gasteiger partial charge in [-0.15, -0.1) is 0 Å². The minimum absolute atomic E-state index is 0.607. The Morgan fingerprint density at radius 3 is 1.82 bits per heavy atom. The van der Waals surface area contributed by atoms with Crippen LogP contribution in [0, 0.1) is 0 Å². The highest BCUT2D eigenvalue weighted by Gasteiger charge is 2.21. The molecule has 0 fully saturated rings. The van der Waals surface area contributed by atoms with Crippen LogP contribution < -0.4 is 0 Å². The van der Waals surface area contributed by atoms with Crippen molar-refractivity contribution in [1.29, 1.82) is 0 Å². The first-order valence-corrected chi connectivity index (χ1v) is 16.5. The van der Waals surface area contributed by atoms with Crippen LogP contribution in [0.15, 0.2) is 167 Å². The van der Waals surface area contributed by atoms with Gasteiger partial charge >= 0.3 is 0 Å². The van der Waals surface area contributed by atoms with Crippen LogP contribution in [0.3, 0.4) is 0 Å². The van der Waals surface area contributed by atoms with Crippen LogP contribution >= 0.6 is 0 Å². The molecule has 0 saturated carbocycles. The summed E-state index contributed by atoms with van der Waals surface area (Å²) in [5.74, 6) is 1.28. The van der Waals surface area contributed by atoms with Crippen molar-refractivity contribution < 1.29 is 8.83 Å². The monoisotopic (exact) mass is 642 g/mol. The lowest BCUT2D eigenvalue weighted by Gasteiger charge is -2.09. The summed E-state index contributed by atoms with van der Waals surface area (Å²) in [6.45, 7) is 0. The number of benzene rings is 6. The van der Waals surface area contributed by atoms with Crippen molar-refractivity contribution in [2.75, 3.05) is 0 Å². The second kappa shape index (κ2) is 11.4. The molecule has 0 spiro atoms. The van der Waals surface area contributed by atoms with Gasteiger partial charge in [0.25, 0.3) is 0 Å². The van der Waals surface area contributed by atoms with Gasteiger partial charge in [0, 0.05) is 44.0 Å². The molecule has 234 valence electrons. The summed E-state index contributed by atoms with van der Waals surface area (Å²) in [5.41, 5.74) is 10.9. The fourth-order valence-corrected chi connectivity index (χ4v) is 6.74. The average molecular weight is 643 g/mol. The highest BCUT2D eigenvalue weighted by atomic mass is 16.3. The lowest BCUT2D eigenvalue weighted by atomic mass is 10.0. The van der Waals surface area contributed by atoms with Crippen molar-refractivity contribution in [2.24, 2.45) is 0 Å². The third-order valence-electron chi connectivity index (χ3n) is 9.13. The Labute approximate surface area is 286 Å². The molecule has 0 atom stereocenters. The molecule has 4 heterocycles. The SMILES string of the molecule is c1ccc(-c2cc(-c3ccc4c(c3)oc3cccc(-c5nc(-c6ccccc6)c6oc7ccccc7c6n5)c34)nc(-c3ccccc3)n2)cc1. The predicted octanol–water partition coefficient (Wildman–Crippen LogP) is 11.4. The molecule has 6 aromatic carbocycles. The smallest absolute Gasteiger partial charge is 0.180 e. The number of aromatic nitrogens is 4. The zero-order chi connectivity index (χ0) is 33.0. The molecule has 0 aliphatic rings. The summed E-state index contributed by atoms with van der Waals surface area (Å²) in [5, 5.41) is 2.88. The Morgan fingerprint density at radius 2 is 1.04 bits per heavy atom. The van der Waals surface area contributed by atoms with Crippen molar-refractivity contribution in [2.45, 2.75) is 0 Å². The molecule has 0 radical (unpaired) electrons. The summed E-state index contributed by atoms with van der Waals surface area (Å²) in [6.07, 6.45) is 0. The first-order valence-electron chi connectivity index (χ1n) is 16.5. The molecular weight excluding hydrogens is 617 g/mol. The van der Waals surface area contributed by atoms with E-state index >= 15 is 0 Å². The fourth-order valence-electron chi connectivity index (χ4n) is 6.74. The van der Waals surface area contributed by atoms with Crippen LogP contribution in [-0.4, -0.2) is 19.9 Å². The van der Waals surface area contributed by atoms with Gasteiger partial charge in [-0.3, -0.25) is 0 Å². The molecule has 0 bridgehead atoms. The second-order valence-electron chi connectivity index (χ2n) is 12.2. The van der Waals surface area contributed by atoms with Gasteiger partial charge in [0.2, 0.25) is 0 Å². The van der Waals surface area contributed by atoms with Gasteiger partial charge in [0.15, 0.2) is 17.2 Å². The Hall–Kier alpha value is -6.92. The summed E-state index contributed by atoms with van der Waals surface area (Å²) < 4.78 is 12.9. The first-order chi connectivity index (χ1) is 24.8. The quantitative estimate of drug-likeness (QED) is 0.186. The Bertz CT molecular complexity index is 2800. The Morgan fingerprint density at radius 1 is 0.380 bits per heavy atom. The standard InChI is InChI=1S/C44H26N4O2/c1-4-13-27(14-5-1)34-26-35(46-43(45-34)29-17-8-3-9-18-29)30-23-24-31-38(25-30)49-37-22-12-20-33(39(31)37)44-47-40(28-15-6-2-7-16-28)42-41(48-44)32-19-10-11-21-36(32)50-42/h1-26H. The summed E-state index contributed by atoms with van der Waals surface area (Å²) in [6, 6.07) is 52.7. The predicted molar refractivity (Wildman–Crippen MR) is 199 cm³/mol. The maximum absolute atomic E-state index is 6.55. The van der Waals surface area contributed by atoms with Gasteiger partial charge in [-0.2, -0.15) is 0 Å². The van der Waals surface area contributed by atoms with Crippen LogP contribution in [0.5, 0.6) is 0 Å². The van der Waals surface area contributed by atoms with Gasteiger partial charge in [0.1, 0.15) is 28.0 Å². The van der Waals surface area contributed by atoms with E-state index in [1.54, 1.807) is 0 Å².